The maximum Gasteiger partial charge on any atom is 0.252 e. The van der Waals surface area contributed by atoms with Crippen molar-refractivity contribution in [3.05, 3.63) is 41.4 Å². The van der Waals surface area contributed by atoms with E-state index in [0.29, 0.717) is 18.2 Å². The van der Waals surface area contributed by atoms with E-state index in [1.807, 2.05) is 30.3 Å². The highest BCUT2D eigenvalue weighted by Crippen LogP contribution is 2.19. The van der Waals surface area contributed by atoms with Crippen LogP contribution in [0.3, 0.4) is 0 Å². The predicted octanol–water partition coefficient (Wildman–Crippen LogP) is 4.76. The van der Waals surface area contributed by atoms with Crippen molar-refractivity contribution in [2.45, 2.75) is 46.5 Å². The molecule has 0 fully saturated rings. The summed E-state index contributed by atoms with van der Waals surface area (Å²) >= 11 is 0. The van der Waals surface area contributed by atoms with E-state index in [2.05, 4.69) is 36.3 Å². The fourth-order valence-corrected chi connectivity index (χ4v) is 2.31. The first-order valence-electron chi connectivity index (χ1n) is 9.04. The summed E-state index contributed by atoms with van der Waals surface area (Å²) in [7, 11) is 0. The predicted molar refractivity (Wildman–Crippen MR) is 102 cm³/mol. The molecule has 0 atom stereocenters. The molecule has 6 nitrogen and oxygen atoms in total. The molecule has 2 aromatic rings. The molecule has 0 aliphatic rings. The zero-order valence-electron chi connectivity index (χ0n) is 15.7. The number of hydrogen-bond acceptors (Lipinski definition) is 6. The molecule has 0 aliphatic carbocycles. The second kappa shape index (κ2) is 10.2. The number of aromatic nitrogens is 1. The van der Waals surface area contributed by atoms with Crippen molar-refractivity contribution in [3.63, 3.8) is 0 Å². The van der Waals surface area contributed by atoms with Gasteiger partial charge < -0.3 is 9.15 Å². The van der Waals surface area contributed by atoms with Gasteiger partial charge in [0.05, 0.1) is 12.8 Å². The molecule has 0 unspecified atom stereocenters. The molecule has 138 valence electrons. The number of nitrogens with one attached hydrogen (secondary N) is 1. The molecule has 1 aromatic heterocycles. The lowest BCUT2D eigenvalue weighted by atomic mass is 10.1. The third-order valence-electron chi connectivity index (χ3n) is 3.64. The number of unbranched alkanes of at least 4 members (excludes halogenated alkanes) is 2. The normalized spacial score (nSPS) is 11.0. The summed E-state index contributed by atoms with van der Waals surface area (Å²) in [5.41, 5.74) is 3.89. The van der Waals surface area contributed by atoms with Crippen molar-refractivity contribution in [1.82, 2.24) is 4.98 Å². The average Bonchev–Trinajstić information content (AvgIpc) is 3.01. The Bertz CT molecular complexity index is 742. The molecule has 2 rings (SSSR count). The highest BCUT2D eigenvalue weighted by molar-refractivity contribution is 5.80. The first-order valence-corrected chi connectivity index (χ1v) is 9.04. The number of benzene rings is 1. The van der Waals surface area contributed by atoms with Crippen LogP contribution in [-0.4, -0.2) is 17.8 Å². The molecule has 0 bridgehead atoms. The Labute approximate surface area is 154 Å². The summed E-state index contributed by atoms with van der Waals surface area (Å²) in [5.74, 6) is 2.07. The molecule has 1 heterocycles. The largest absolute Gasteiger partial charge is 0.494 e. The standard InChI is InChI=1S/C20H26N4O2/c1-4-5-6-11-25-17-9-7-16(8-10-17)14-22-24-20-18(13-21)23-19(26-20)12-15(2)3/h7-10,14-15,24H,4-6,11-12H2,1-3H3/b22-14-. The molecule has 26 heavy (non-hydrogen) atoms. The number of nitriles is 1. The second-order valence-corrected chi connectivity index (χ2v) is 6.49. The van der Waals surface area contributed by atoms with E-state index in [1.54, 1.807) is 6.21 Å². The Hall–Kier alpha value is -2.81. The molecule has 0 radical (unpaired) electrons. The molecule has 0 saturated heterocycles. The van der Waals surface area contributed by atoms with Crippen LogP contribution in [0.25, 0.3) is 0 Å². The zero-order valence-corrected chi connectivity index (χ0v) is 15.7. The van der Waals surface area contributed by atoms with Crippen molar-refractivity contribution in [1.29, 1.82) is 5.26 Å². The Morgan fingerprint density at radius 2 is 2.08 bits per heavy atom. The molecule has 0 aliphatic heterocycles. The summed E-state index contributed by atoms with van der Waals surface area (Å²) in [5, 5.41) is 13.3. The van der Waals surface area contributed by atoms with Gasteiger partial charge in [0.2, 0.25) is 5.69 Å². The number of anilines is 1. The lowest BCUT2D eigenvalue weighted by molar-refractivity contribution is 0.306. The van der Waals surface area contributed by atoms with Gasteiger partial charge >= 0.3 is 0 Å². The van der Waals surface area contributed by atoms with Crippen LogP contribution >= 0.6 is 0 Å². The molecule has 6 heteroatoms. The number of hydrogen-bond donors (Lipinski definition) is 1. The Balaban J connectivity index is 1.90. The lowest BCUT2D eigenvalue weighted by Crippen LogP contribution is -1.97. The minimum atomic E-state index is 0.216. The Morgan fingerprint density at radius 1 is 1.31 bits per heavy atom. The van der Waals surface area contributed by atoms with Gasteiger partial charge in [-0.1, -0.05) is 33.6 Å². The number of ether oxygens (including phenoxy) is 1. The SMILES string of the molecule is CCCCCOc1ccc(/C=N\Nc2oc(CC(C)C)nc2C#N)cc1. The minimum absolute atomic E-state index is 0.216. The minimum Gasteiger partial charge on any atom is -0.494 e. The third-order valence-corrected chi connectivity index (χ3v) is 3.64. The van der Waals surface area contributed by atoms with Gasteiger partial charge in [0, 0.05) is 6.42 Å². The number of oxazole rings is 1. The van der Waals surface area contributed by atoms with Crippen LogP contribution in [0.4, 0.5) is 5.88 Å². The fourth-order valence-electron chi connectivity index (χ4n) is 2.31. The van der Waals surface area contributed by atoms with Crippen LogP contribution < -0.4 is 10.2 Å². The van der Waals surface area contributed by atoms with Crippen LogP contribution in [0.5, 0.6) is 5.75 Å². The van der Waals surface area contributed by atoms with E-state index in [-0.39, 0.29) is 11.6 Å². The van der Waals surface area contributed by atoms with E-state index in [4.69, 9.17) is 14.4 Å². The van der Waals surface area contributed by atoms with Crippen LogP contribution in [0.1, 0.15) is 57.2 Å². The van der Waals surface area contributed by atoms with Crippen molar-refractivity contribution in [2.24, 2.45) is 11.0 Å². The Morgan fingerprint density at radius 3 is 2.73 bits per heavy atom. The fraction of sp³-hybridized carbons (Fsp3) is 0.450. The van der Waals surface area contributed by atoms with Crippen molar-refractivity contribution in [3.8, 4) is 11.8 Å². The molecule has 1 aromatic carbocycles. The van der Waals surface area contributed by atoms with E-state index in [1.165, 1.54) is 12.8 Å². The maximum absolute atomic E-state index is 9.14. The smallest absolute Gasteiger partial charge is 0.252 e. The van der Waals surface area contributed by atoms with Gasteiger partial charge in [-0.3, -0.25) is 0 Å². The van der Waals surface area contributed by atoms with Crippen LogP contribution in [0.15, 0.2) is 33.8 Å². The maximum atomic E-state index is 9.14. The molecule has 1 N–H and O–H groups in total. The second-order valence-electron chi connectivity index (χ2n) is 6.49. The summed E-state index contributed by atoms with van der Waals surface area (Å²) in [6.07, 6.45) is 5.78. The van der Waals surface area contributed by atoms with E-state index >= 15 is 0 Å². The van der Waals surface area contributed by atoms with Gasteiger partial charge in [0.1, 0.15) is 11.8 Å². The summed E-state index contributed by atoms with van der Waals surface area (Å²) in [6, 6.07) is 9.71. The van der Waals surface area contributed by atoms with Gasteiger partial charge in [-0.2, -0.15) is 10.4 Å². The van der Waals surface area contributed by atoms with Crippen molar-refractivity contribution in [2.75, 3.05) is 12.0 Å². The summed E-state index contributed by atoms with van der Waals surface area (Å²) in [6.45, 7) is 7.05. The number of rotatable bonds is 10. The average molecular weight is 354 g/mol. The van der Waals surface area contributed by atoms with Crippen LogP contribution in [0.2, 0.25) is 0 Å². The van der Waals surface area contributed by atoms with E-state index in [9.17, 15) is 0 Å². The zero-order chi connectivity index (χ0) is 18.8. The van der Waals surface area contributed by atoms with E-state index < -0.39 is 0 Å². The summed E-state index contributed by atoms with van der Waals surface area (Å²) in [4.78, 5) is 4.17. The molecule has 0 amide bonds. The van der Waals surface area contributed by atoms with Gasteiger partial charge in [-0.15, -0.1) is 0 Å². The number of hydrazone groups is 1. The van der Waals surface area contributed by atoms with Crippen molar-refractivity contribution >= 4 is 12.1 Å². The topological polar surface area (TPSA) is 83.4 Å². The monoisotopic (exact) mass is 354 g/mol. The molecule has 0 spiro atoms. The molecular weight excluding hydrogens is 328 g/mol. The van der Waals surface area contributed by atoms with Gasteiger partial charge in [0.15, 0.2) is 5.89 Å². The first-order chi connectivity index (χ1) is 12.6. The highest BCUT2D eigenvalue weighted by Gasteiger charge is 2.13. The quantitative estimate of drug-likeness (QED) is 0.378. The van der Waals surface area contributed by atoms with Gasteiger partial charge in [-0.05, 0) is 42.2 Å². The van der Waals surface area contributed by atoms with Crippen LogP contribution in [0, 0.1) is 17.2 Å². The molecule has 0 saturated carbocycles. The van der Waals surface area contributed by atoms with Crippen LogP contribution in [-0.2, 0) is 6.42 Å². The van der Waals surface area contributed by atoms with Gasteiger partial charge in [-0.25, -0.2) is 10.4 Å². The lowest BCUT2D eigenvalue weighted by Gasteiger charge is -2.05. The number of nitrogens with zero attached hydrogens (tertiary/aromatic N) is 3. The van der Waals surface area contributed by atoms with E-state index in [0.717, 1.165) is 24.3 Å². The van der Waals surface area contributed by atoms with Gasteiger partial charge in [0.25, 0.3) is 5.88 Å². The van der Waals surface area contributed by atoms with Crippen molar-refractivity contribution < 1.29 is 9.15 Å². The first kappa shape index (κ1) is 19.5. The third kappa shape index (κ3) is 6.25. The molecular formula is C20H26N4O2. The Kier molecular flexibility index (Phi) is 7.69. The summed E-state index contributed by atoms with van der Waals surface area (Å²) < 4.78 is 11.2. The highest BCUT2D eigenvalue weighted by atomic mass is 16.5.